The molecule has 2 aromatic carbocycles. The number of nitrogens with one attached hydrogen (secondary N) is 1. The largest absolute Gasteiger partial charge is 0.340 e. The summed E-state index contributed by atoms with van der Waals surface area (Å²) >= 11 is 5.19. The van der Waals surface area contributed by atoms with Gasteiger partial charge in [0.2, 0.25) is 0 Å². The molecule has 1 heterocycles. The SMILES string of the molecule is N=C1C(=S)N(c2ccccc2)C(=O)N1c1ccc(F)cc1. The summed E-state index contributed by atoms with van der Waals surface area (Å²) in [5.41, 5.74) is 1.01. The number of benzene rings is 2. The zero-order chi connectivity index (χ0) is 15.0. The second-order valence-electron chi connectivity index (χ2n) is 4.42. The molecule has 0 aliphatic carbocycles. The van der Waals surface area contributed by atoms with Crippen molar-refractivity contribution in [3.05, 3.63) is 60.4 Å². The number of rotatable bonds is 2. The summed E-state index contributed by atoms with van der Waals surface area (Å²) in [6.45, 7) is 0. The number of carbonyl (C=O) groups is 1. The normalized spacial score (nSPS) is 15.0. The van der Waals surface area contributed by atoms with Crippen LogP contribution in [0.5, 0.6) is 0 Å². The van der Waals surface area contributed by atoms with Crippen LogP contribution in [-0.4, -0.2) is 16.9 Å². The van der Waals surface area contributed by atoms with E-state index in [-0.39, 0.29) is 10.8 Å². The van der Waals surface area contributed by atoms with Crippen LogP contribution in [0.4, 0.5) is 20.6 Å². The second-order valence-corrected chi connectivity index (χ2v) is 4.81. The summed E-state index contributed by atoms with van der Waals surface area (Å²) in [5, 5.41) is 8.04. The van der Waals surface area contributed by atoms with Gasteiger partial charge in [-0.25, -0.2) is 19.0 Å². The third-order valence-electron chi connectivity index (χ3n) is 3.11. The van der Waals surface area contributed by atoms with E-state index in [1.807, 2.05) is 6.07 Å². The number of carbonyl (C=O) groups excluding carboxylic acids is 1. The highest BCUT2D eigenvalue weighted by Gasteiger charge is 2.40. The minimum Gasteiger partial charge on any atom is -0.281 e. The first kappa shape index (κ1) is 13.4. The summed E-state index contributed by atoms with van der Waals surface area (Å²) < 4.78 is 13.0. The third-order valence-corrected chi connectivity index (χ3v) is 3.49. The molecule has 0 bridgehead atoms. The first-order chi connectivity index (χ1) is 10.1. The maximum atomic E-state index is 13.0. The lowest BCUT2D eigenvalue weighted by Crippen LogP contribution is -2.33. The molecule has 0 saturated carbocycles. The predicted octanol–water partition coefficient (Wildman–Crippen LogP) is 3.58. The molecule has 1 N–H and O–H groups in total. The van der Waals surface area contributed by atoms with Crippen LogP contribution in [0.15, 0.2) is 54.6 Å². The van der Waals surface area contributed by atoms with Gasteiger partial charge in [0.15, 0.2) is 10.8 Å². The van der Waals surface area contributed by atoms with Gasteiger partial charge >= 0.3 is 6.03 Å². The quantitative estimate of drug-likeness (QED) is 0.862. The molecular weight excluding hydrogens is 289 g/mol. The molecule has 0 radical (unpaired) electrons. The Bertz CT molecular complexity index is 730. The van der Waals surface area contributed by atoms with E-state index >= 15 is 0 Å². The maximum absolute atomic E-state index is 13.0. The molecular formula is C15H10FN3OS. The van der Waals surface area contributed by atoms with E-state index in [1.54, 1.807) is 24.3 Å². The van der Waals surface area contributed by atoms with Gasteiger partial charge in [-0.3, -0.25) is 5.41 Å². The zero-order valence-corrected chi connectivity index (χ0v) is 11.6. The molecule has 2 amide bonds. The van der Waals surface area contributed by atoms with Crippen LogP contribution < -0.4 is 9.80 Å². The van der Waals surface area contributed by atoms with Crippen molar-refractivity contribution < 1.29 is 9.18 Å². The van der Waals surface area contributed by atoms with Crippen molar-refractivity contribution in [2.45, 2.75) is 0 Å². The van der Waals surface area contributed by atoms with E-state index in [1.165, 1.54) is 29.2 Å². The summed E-state index contributed by atoms with van der Waals surface area (Å²) in [6.07, 6.45) is 0. The van der Waals surface area contributed by atoms with Crippen molar-refractivity contribution in [1.82, 2.24) is 0 Å². The Balaban J connectivity index is 2.02. The molecule has 1 aliphatic rings. The van der Waals surface area contributed by atoms with Gasteiger partial charge in [0.25, 0.3) is 0 Å². The molecule has 0 spiro atoms. The van der Waals surface area contributed by atoms with Gasteiger partial charge in [-0.15, -0.1) is 0 Å². The molecule has 104 valence electrons. The number of hydrogen-bond acceptors (Lipinski definition) is 3. The average molecular weight is 299 g/mol. The second kappa shape index (κ2) is 5.06. The number of urea groups is 1. The number of thiocarbonyl (C=S) groups is 1. The van der Waals surface area contributed by atoms with Crippen molar-refractivity contribution in [1.29, 1.82) is 5.41 Å². The molecule has 1 fully saturated rings. The monoisotopic (exact) mass is 299 g/mol. The summed E-state index contributed by atoms with van der Waals surface area (Å²) in [7, 11) is 0. The van der Waals surface area contributed by atoms with Gasteiger partial charge in [0.1, 0.15) is 5.82 Å². The molecule has 4 nitrogen and oxygen atoms in total. The van der Waals surface area contributed by atoms with Crippen molar-refractivity contribution in [2.75, 3.05) is 9.80 Å². The Morgan fingerprint density at radius 3 is 2.10 bits per heavy atom. The molecule has 0 unspecified atom stereocenters. The Kier molecular flexibility index (Phi) is 3.23. The van der Waals surface area contributed by atoms with Crippen LogP contribution in [0.2, 0.25) is 0 Å². The summed E-state index contributed by atoms with van der Waals surface area (Å²) in [5.74, 6) is -0.495. The summed E-state index contributed by atoms with van der Waals surface area (Å²) in [6, 6.07) is 13.8. The maximum Gasteiger partial charge on any atom is 0.340 e. The molecule has 0 aromatic heterocycles. The minimum atomic E-state index is -0.442. The lowest BCUT2D eigenvalue weighted by atomic mass is 10.3. The highest BCUT2D eigenvalue weighted by atomic mass is 32.1. The van der Waals surface area contributed by atoms with E-state index in [9.17, 15) is 9.18 Å². The number of hydrogen-bond donors (Lipinski definition) is 1. The standard InChI is InChI=1S/C15H10FN3OS/c16-10-6-8-12(9-7-10)18-13(17)14(21)19(15(18)20)11-4-2-1-3-5-11/h1-9,17H. The van der Waals surface area contributed by atoms with Crippen LogP contribution >= 0.6 is 12.2 Å². The lowest BCUT2D eigenvalue weighted by molar-refractivity contribution is 0.257. The molecule has 2 aromatic rings. The van der Waals surface area contributed by atoms with Gasteiger partial charge < -0.3 is 0 Å². The highest BCUT2D eigenvalue weighted by molar-refractivity contribution is 7.82. The van der Waals surface area contributed by atoms with Crippen molar-refractivity contribution in [3.8, 4) is 0 Å². The fraction of sp³-hybridized carbons (Fsp3) is 0. The molecule has 1 aliphatic heterocycles. The molecule has 6 heteroatoms. The van der Waals surface area contributed by atoms with Crippen LogP contribution in [-0.2, 0) is 0 Å². The van der Waals surface area contributed by atoms with Crippen LogP contribution in [0, 0.1) is 11.2 Å². The number of halogens is 1. The van der Waals surface area contributed by atoms with Crippen LogP contribution in [0.25, 0.3) is 0 Å². The molecule has 21 heavy (non-hydrogen) atoms. The molecule has 3 rings (SSSR count). The van der Waals surface area contributed by atoms with Crippen molar-refractivity contribution >= 4 is 40.4 Å². The smallest absolute Gasteiger partial charge is 0.281 e. The number of nitrogens with zero attached hydrogens (tertiary/aromatic N) is 2. The first-order valence-electron chi connectivity index (χ1n) is 6.17. The predicted molar refractivity (Wildman–Crippen MR) is 83.5 cm³/mol. The minimum absolute atomic E-state index is 0.0922. The Morgan fingerprint density at radius 1 is 0.905 bits per heavy atom. The Labute approximate surface area is 125 Å². The summed E-state index contributed by atoms with van der Waals surface area (Å²) in [4.78, 5) is 15.1. The van der Waals surface area contributed by atoms with Gasteiger partial charge in [-0.2, -0.15) is 0 Å². The van der Waals surface area contributed by atoms with E-state index in [0.29, 0.717) is 11.4 Å². The van der Waals surface area contributed by atoms with E-state index in [4.69, 9.17) is 17.6 Å². The van der Waals surface area contributed by atoms with Crippen LogP contribution in [0.1, 0.15) is 0 Å². The molecule has 0 atom stereocenters. The number of para-hydroxylation sites is 1. The number of amidine groups is 1. The number of amides is 2. The Hall–Kier alpha value is -2.60. The van der Waals surface area contributed by atoms with E-state index in [0.717, 1.165) is 4.90 Å². The third kappa shape index (κ3) is 2.19. The van der Waals surface area contributed by atoms with Crippen molar-refractivity contribution in [3.63, 3.8) is 0 Å². The Morgan fingerprint density at radius 2 is 1.48 bits per heavy atom. The fourth-order valence-corrected chi connectivity index (χ4v) is 2.39. The van der Waals surface area contributed by atoms with Gasteiger partial charge in [-0.1, -0.05) is 30.4 Å². The first-order valence-corrected chi connectivity index (χ1v) is 6.58. The average Bonchev–Trinajstić information content (AvgIpc) is 2.72. The topological polar surface area (TPSA) is 47.4 Å². The molecule has 1 saturated heterocycles. The zero-order valence-electron chi connectivity index (χ0n) is 10.8. The number of anilines is 2. The van der Waals surface area contributed by atoms with E-state index in [2.05, 4.69) is 0 Å². The lowest BCUT2D eigenvalue weighted by Gasteiger charge is -2.17. The highest BCUT2D eigenvalue weighted by Crippen LogP contribution is 2.27. The fourth-order valence-electron chi connectivity index (χ4n) is 2.12. The van der Waals surface area contributed by atoms with Gasteiger partial charge in [0, 0.05) is 0 Å². The van der Waals surface area contributed by atoms with Crippen molar-refractivity contribution in [2.24, 2.45) is 0 Å². The van der Waals surface area contributed by atoms with E-state index < -0.39 is 11.8 Å². The van der Waals surface area contributed by atoms with Crippen LogP contribution in [0.3, 0.4) is 0 Å². The van der Waals surface area contributed by atoms with Gasteiger partial charge in [-0.05, 0) is 36.4 Å². The van der Waals surface area contributed by atoms with Gasteiger partial charge in [0.05, 0.1) is 11.4 Å².